The summed E-state index contributed by atoms with van der Waals surface area (Å²) in [5.41, 5.74) is 0.433. The normalized spacial score (nSPS) is 16.0. The van der Waals surface area contributed by atoms with Crippen molar-refractivity contribution in [2.45, 2.75) is 59.1 Å². The number of nitrogens with zero attached hydrogens (tertiary/aromatic N) is 2. The molecule has 5 nitrogen and oxygen atoms in total. The van der Waals surface area contributed by atoms with Crippen molar-refractivity contribution in [3.63, 3.8) is 0 Å². The highest BCUT2D eigenvalue weighted by atomic mass is 16.6. The lowest BCUT2D eigenvalue weighted by molar-refractivity contribution is -0.124. The minimum Gasteiger partial charge on any atom is -0.444 e. The van der Waals surface area contributed by atoms with Crippen LogP contribution >= 0.6 is 0 Å². The Morgan fingerprint density at radius 1 is 1.12 bits per heavy atom. The summed E-state index contributed by atoms with van der Waals surface area (Å²) in [7, 11) is 0. The van der Waals surface area contributed by atoms with E-state index in [1.165, 1.54) is 0 Å². The zero-order valence-corrected chi connectivity index (χ0v) is 16.0. The second kappa shape index (κ2) is 7.89. The molecule has 1 aromatic rings. The van der Waals surface area contributed by atoms with Crippen LogP contribution < -0.4 is 4.90 Å². The molecule has 1 fully saturated rings. The minimum absolute atomic E-state index is 0.0544. The third kappa shape index (κ3) is 5.21. The molecule has 0 atom stereocenters. The maximum absolute atomic E-state index is 13.0. The average molecular weight is 346 g/mol. The van der Waals surface area contributed by atoms with Crippen molar-refractivity contribution >= 4 is 17.7 Å². The smallest absolute Gasteiger partial charge is 0.410 e. The molecule has 25 heavy (non-hydrogen) atoms. The van der Waals surface area contributed by atoms with E-state index >= 15 is 0 Å². The summed E-state index contributed by atoms with van der Waals surface area (Å²) >= 11 is 0. The highest BCUT2D eigenvalue weighted by Crippen LogP contribution is 2.26. The number of anilines is 1. The monoisotopic (exact) mass is 346 g/mol. The summed E-state index contributed by atoms with van der Waals surface area (Å²) in [6.45, 7) is 10.8. The number of para-hydroxylation sites is 1. The lowest BCUT2D eigenvalue weighted by atomic mass is 9.94. The Kier molecular flexibility index (Phi) is 6.09. The van der Waals surface area contributed by atoms with Gasteiger partial charge < -0.3 is 14.5 Å². The van der Waals surface area contributed by atoms with Crippen LogP contribution in [0.3, 0.4) is 0 Å². The van der Waals surface area contributed by atoms with E-state index in [9.17, 15) is 9.59 Å². The van der Waals surface area contributed by atoms with Gasteiger partial charge in [0.05, 0.1) is 0 Å². The van der Waals surface area contributed by atoms with Gasteiger partial charge in [-0.2, -0.15) is 0 Å². The van der Waals surface area contributed by atoms with E-state index in [2.05, 4.69) is 0 Å². The lowest BCUT2D eigenvalue weighted by Gasteiger charge is -2.36. The number of hydrogen-bond donors (Lipinski definition) is 0. The number of benzene rings is 1. The Morgan fingerprint density at radius 3 is 2.16 bits per heavy atom. The van der Waals surface area contributed by atoms with Crippen molar-refractivity contribution in [3.8, 4) is 0 Å². The molecule has 1 saturated heterocycles. The van der Waals surface area contributed by atoms with Gasteiger partial charge in [0, 0.05) is 30.7 Å². The summed E-state index contributed by atoms with van der Waals surface area (Å²) in [4.78, 5) is 28.8. The topological polar surface area (TPSA) is 49.9 Å². The summed E-state index contributed by atoms with van der Waals surface area (Å²) < 4.78 is 5.42. The zero-order chi connectivity index (χ0) is 18.6. The van der Waals surface area contributed by atoms with Gasteiger partial charge in [-0.05, 0) is 59.6 Å². The molecule has 2 rings (SSSR count). The van der Waals surface area contributed by atoms with Crippen molar-refractivity contribution < 1.29 is 14.3 Å². The average Bonchev–Trinajstić information content (AvgIpc) is 2.54. The van der Waals surface area contributed by atoms with Gasteiger partial charge in [0.15, 0.2) is 0 Å². The molecule has 1 heterocycles. The predicted octanol–water partition coefficient (Wildman–Crippen LogP) is 4.08. The molecule has 5 heteroatoms. The van der Waals surface area contributed by atoms with Crippen molar-refractivity contribution in [2.24, 2.45) is 5.92 Å². The molecule has 0 aromatic heterocycles. The second-order valence-corrected chi connectivity index (χ2v) is 7.88. The molecule has 1 aliphatic heterocycles. The number of ether oxygens (including phenoxy) is 1. The predicted molar refractivity (Wildman–Crippen MR) is 99.6 cm³/mol. The van der Waals surface area contributed by atoms with Crippen LogP contribution in [-0.4, -0.2) is 41.6 Å². The Labute approximate surface area is 150 Å². The van der Waals surface area contributed by atoms with Crippen molar-refractivity contribution in [3.05, 3.63) is 30.3 Å². The van der Waals surface area contributed by atoms with Crippen LogP contribution in [0, 0.1) is 5.92 Å². The quantitative estimate of drug-likeness (QED) is 0.829. The third-order valence-corrected chi connectivity index (χ3v) is 4.28. The highest BCUT2D eigenvalue weighted by molar-refractivity contribution is 5.95. The van der Waals surface area contributed by atoms with Crippen molar-refractivity contribution in [1.29, 1.82) is 0 Å². The van der Waals surface area contributed by atoms with E-state index in [1.54, 1.807) is 4.90 Å². The fourth-order valence-corrected chi connectivity index (χ4v) is 3.10. The van der Waals surface area contributed by atoms with Crippen LogP contribution in [0.25, 0.3) is 0 Å². The Morgan fingerprint density at radius 2 is 1.68 bits per heavy atom. The SMILES string of the molecule is CC(C)N(C(=O)C1CCN(C(=O)OC(C)(C)C)CC1)c1ccccc1. The molecular formula is C20H30N2O3. The van der Waals surface area contributed by atoms with Crippen LogP contribution in [0.5, 0.6) is 0 Å². The summed E-state index contributed by atoms with van der Waals surface area (Å²) in [6, 6.07) is 9.87. The number of carbonyl (C=O) groups excluding carboxylic acids is 2. The van der Waals surface area contributed by atoms with Gasteiger partial charge in [0.1, 0.15) is 5.60 Å². The van der Waals surface area contributed by atoms with E-state index in [-0.39, 0.29) is 24.0 Å². The molecule has 0 N–H and O–H groups in total. The number of carbonyl (C=O) groups is 2. The Bertz CT molecular complexity index is 585. The fourth-order valence-electron chi connectivity index (χ4n) is 3.10. The summed E-state index contributed by atoms with van der Waals surface area (Å²) in [5.74, 6) is 0.0892. The van der Waals surface area contributed by atoms with Gasteiger partial charge in [-0.1, -0.05) is 18.2 Å². The van der Waals surface area contributed by atoms with Gasteiger partial charge in [0.2, 0.25) is 5.91 Å². The molecular weight excluding hydrogens is 316 g/mol. The molecule has 0 saturated carbocycles. The van der Waals surface area contributed by atoms with Crippen LogP contribution in [-0.2, 0) is 9.53 Å². The van der Waals surface area contributed by atoms with E-state index in [4.69, 9.17) is 4.74 Å². The third-order valence-electron chi connectivity index (χ3n) is 4.28. The number of rotatable bonds is 3. The van der Waals surface area contributed by atoms with Gasteiger partial charge in [0.25, 0.3) is 0 Å². The maximum atomic E-state index is 13.0. The molecule has 0 radical (unpaired) electrons. The molecule has 0 bridgehead atoms. The largest absolute Gasteiger partial charge is 0.444 e. The first-order chi connectivity index (χ1) is 11.7. The Hall–Kier alpha value is -2.04. The minimum atomic E-state index is -0.495. The second-order valence-electron chi connectivity index (χ2n) is 7.88. The fraction of sp³-hybridized carbons (Fsp3) is 0.600. The number of piperidine rings is 1. The van der Waals surface area contributed by atoms with Crippen molar-refractivity contribution in [2.75, 3.05) is 18.0 Å². The molecule has 0 spiro atoms. The van der Waals surface area contributed by atoms with Gasteiger partial charge in [-0.25, -0.2) is 4.79 Å². The van der Waals surface area contributed by atoms with Crippen LogP contribution in [0.2, 0.25) is 0 Å². The number of likely N-dealkylation sites (tertiary alicyclic amines) is 1. The molecule has 0 aliphatic carbocycles. The molecule has 138 valence electrons. The molecule has 1 aromatic carbocycles. The zero-order valence-electron chi connectivity index (χ0n) is 16.0. The number of amides is 2. The molecule has 0 unspecified atom stereocenters. The standard InChI is InChI=1S/C20H30N2O3/c1-15(2)22(17-9-7-6-8-10-17)18(23)16-11-13-21(14-12-16)19(24)25-20(3,4)5/h6-10,15-16H,11-14H2,1-5H3. The Balaban J connectivity index is 1.99. The van der Waals surface area contributed by atoms with Gasteiger partial charge in [-0.15, -0.1) is 0 Å². The number of hydrogen-bond acceptors (Lipinski definition) is 3. The molecule has 1 aliphatic rings. The first kappa shape index (κ1) is 19.3. The summed E-state index contributed by atoms with van der Waals surface area (Å²) in [6.07, 6.45) is 1.06. The summed E-state index contributed by atoms with van der Waals surface area (Å²) in [5, 5.41) is 0. The van der Waals surface area contributed by atoms with E-state index in [0.29, 0.717) is 25.9 Å². The highest BCUT2D eigenvalue weighted by Gasteiger charge is 2.33. The van der Waals surface area contributed by atoms with Gasteiger partial charge in [-0.3, -0.25) is 4.79 Å². The van der Waals surface area contributed by atoms with Crippen LogP contribution in [0.4, 0.5) is 10.5 Å². The van der Waals surface area contributed by atoms with Crippen LogP contribution in [0.1, 0.15) is 47.5 Å². The van der Waals surface area contributed by atoms with E-state index in [1.807, 2.05) is 69.9 Å². The van der Waals surface area contributed by atoms with Crippen LogP contribution in [0.15, 0.2) is 30.3 Å². The van der Waals surface area contributed by atoms with E-state index < -0.39 is 5.60 Å². The maximum Gasteiger partial charge on any atom is 0.410 e. The van der Waals surface area contributed by atoms with E-state index in [0.717, 1.165) is 5.69 Å². The molecule has 2 amide bonds. The van der Waals surface area contributed by atoms with Crippen molar-refractivity contribution in [1.82, 2.24) is 4.90 Å². The lowest BCUT2D eigenvalue weighted by Crippen LogP contribution is -2.47. The first-order valence-electron chi connectivity index (χ1n) is 9.05. The first-order valence-corrected chi connectivity index (χ1v) is 9.05. The van der Waals surface area contributed by atoms with Gasteiger partial charge >= 0.3 is 6.09 Å².